The summed E-state index contributed by atoms with van der Waals surface area (Å²) in [4.78, 5) is 11.9. The third-order valence-corrected chi connectivity index (χ3v) is 8.54. The van der Waals surface area contributed by atoms with Crippen molar-refractivity contribution in [3.8, 4) is 0 Å². The number of fused-ring (bicyclic) bond motifs is 5. The molecule has 24 heavy (non-hydrogen) atoms. The van der Waals surface area contributed by atoms with Crippen molar-refractivity contribution in [1.29, 1.82) is 0 Å². The van der Waals surface area contributed by atoms with E-state index >= 15 is 0 Å². The molecule has 0 spiro atoms. The van der Waals surface area contributed by atoms with Crippen molar-refractivity contribution in [3.05, 3.63) is 23.8 Å². The summed E-state index contributed by atoms with van der Waals surface area (Å²) in [6.07, 6.45) is 11.3. The number of carbonyl (C=O) groups is 1. The van der Waals surface area contributed by atoms with E-state index in [1.807, 2.05) is 6.08 Å². The van der Waals surface area contributed by atoms with Gasteiger partial charge in [0.15, 0.2) is 5.78 Å². The van der Waals surface area contributed by atoms with E-state index in [0.29, 0.717) is 17.3 Å². The standard InChI is InChI=1S/C22H32O2/c1-5-14-6-7-17-19-13(2)10-15-11-16(23)8-9-21(15,3)20(19)18(24)12-22(14,17)4/h8-9,11,13-14,17-20,24H,5-7,10,12H2,1-4H3/t13?,14-,17-,18?,19-,20-,21-,22+/m0/s1. The van der Waals surface area contributed by atoms with Crippen LogP contribution in [0, 0.1) is 40.4 Å². The lowest BCUT2D eigenvalue weighted by Gasteiger charge is -2.60. The number of ketones is 1. The molecule has 4 aliphatic carbocycles. The first-order chi connectivity index (χ1) is 11.3. The van der Waals surface area contributed by atoms with Crippen LogP contribution in [-0.4, -0.2) is 17.0 Å². The minimum atomic E-state index is -0.252. The molecule has 132 valence electrons. The average molecular weight is 328 g/mol. The maximum Gasteiger partial charge on any atom is 0.178 e. The van der Waals surface area contributed by atoms with E-state index in [-0.39, 0.29) is 23.2 Å². The van der Waals surface area contributed by atoms with E-state index < -0.39 is 0 Å². The lowest BCUT2D eigenvalue weighted by Crippen LogP contribution is -2.58. The molecule has 3 saturated carbocycles. The zero-order chi connectivity index (χ0) is 17.3. The molecule has 8 atom stereocenters. The molecule has 2 nitrogen and oxygen atoms in total. The van der Waals surface area contributed by atoms with E-state index in [1.54, 1.807) is 6.08 Å². The molecule has 4 aliphatic rings. The maximum atomic E-state index is 11.9. The van der Waals surface area contributed by atoms with Crippen LogP contribution in [0.1, 0.15) is 59.8 Å². The first kappa shape index (κ1) is 16.6. The quantitative estimate of drug-likeness (QED) is 0.767. The van der Waals surface area contributed by atoms with Crippen molar-refractivity contribution in [3.63, 3.8) is 0 Å². The third-order valence-electron chi connectivity index (χ3n) is 8.54. The summed E-state index contributed by atoms with van der Waals surface area (Å²) >= 11 is 0. The smallest absolute Gasteiger partial charge is 0.178 e. The van der Waals surface area contributed by atoms with Crippen LogP contribution in [-0.2, 0) is 4.79 Å². The number of hydrogen-bond acceptors (Lipinski definition) is 2. The van der Waals surface area contributed by atoms with Crippen LogP contribution in [0.2, 0.25) is 0 Å². The van der Waals surface area contributed by atoms with E-state index in [9.17, 15) is 9.90 Å². The summed E-state index contributed by atoms with van der Waals surface area (Å²) in [6.45, 7) is 9.40. The number of allylic oxidation sites excluding steroid dienone is 4. The zero-order valence-electron chi connectivity index (χ0n) is 15.6. The summed E-state index contributed by atoms with van der Waals surface area (Å²) in [5.74, 6) is 3.02. The van der Waals surface area contributed by atoms with Gasteiger partial charge in [0, 0.05) is 11.3 Å². The second-order valence-corrected chi connectivity index (χ2v) is 9.54. The van der Waals surface area contributed by atoms with E-state index in [2.05, 4.69) is 33.8 Å². The predicted molar refractivity (Wildman–Crippen MR) is 96.3 cm³/mol. The van der Waals surface area contributed by atoms with Gasteiger partial charge in [-0.15, -0.1) is 0 Å². The van der Waals surface area contributed by atoms with E-state index in [4.69, 9.17) is 0 Å². The first-order valence-electron chi connectivity index (χ1n) is 9.93. The number of rotatable bonds is 1. The number of hydrogen-bond donors (Lipinski definition) is 1. The highest BCUT2D eigenvalue weighted by molar-refractivity contribution is 6.01. The van der Waals surface area contributed by atoms with Gasteiger partial charge in [-0.05, 0) is 66.9 Å². The van der Waals surface area contributed by atoms with Gasteiger partial charge in [0.2, 0.25) is 0 Å². The first-order valence-corrected chi connectivity index (χ1v) is 9.93. The monoisotopic (exact) mass is 328 g/mol. The Bertz CT molecular complexity index is 617. The van der Waals surface area contributed by atoms with Gasteiger partial charge in [0.25, 0.3) is 0 Å². The molecule has 0 amide bonds. The van der Waals surface area contributed by atoms with Crippen LogP contribution in [0.5, 0.6) is 0 Å². The fourth-order valence-corrected chi connectivity index (χ4v) is 7.42. The minimum Gasteiger partial charge on any atom is -0.393 e. The molecular formula is C22H32O2. The van der Waals surface area contributed by atoms with Gasteiger partial charge in [-0.2, -0.15) is 0 Å². The Morgan fingerprint density at radius 2 is 2.04 bits per heavy atom. The van der Waals surface area contributed by atoms with Crippen molar-refractivity contribution in [2.24, 2.45) is 40.4 Å². The lowest BCUT2D eigenvalue weighted by atomic mass is 9.44. The average Bonchev–Trinajstić information content (AvgIpc) is 2.84. The second kappa shape index (κ2) is 5.30. The number of aliphatic hydroxyl groups excluding tert-OH is 1. The summed E-state index contributed by atoms with van der Waals surface area (Å²) in [6, 6.07) is 0. The molecular weight excluding hydrogens is 296 g/mol. The maximum absolute atomic E-state index is 11.9. The van der Waals surface area contributed by atoms with Gasteiger partial charge in [-0.1, -0.05) is 45.8 Å². The Hall–Kier alpha value is -0.890. The molecule has 2 heteroatoms. The third kappa shape index (κ3) is 2.01. The summed E-state index contributed by atoms with van der Waals surface area (Å²) in [7, 11) is 0. The van der Waals surface area contributed by atoms with Gasteiger partial charge in [-0.25, -0.2) is 0 Å². The van der Waals surface area contributed by atoms with Crippen molar-refractivity contribution in [1.82, 2.24) is 0 Å². The zero-order valence-corrected chi connectivity index (χ0v) is 15.6. The highest BCUT2D eigenvalue weighted by Gasteiger charge is 2.62. The largest absolute Gasteiger partial charge is 0.393 e. The van der Waals surface area contributed by atoms with Crippen LogP contribution >= 0.6 is 0 Å². The number of carbonyl (C=O) groups excluding carboxylic acids is 1. The molecule has 0 heterocycles. The van der Waals surface area contributed by atoms with Crippen molar-refractivity contribution >= 4 is 5.78 Å². The van der Waals surface area contributed by atoms with Gasteiger partial charge in [-0.3, -0.25) is 4.79 Å². The van der Waals surface area contributed by atoms with Gasteiger partial charge in [0.05, 0.1) is 6.10 Å². The van der Waals surface area contributed by atoms with Crippen LogP contribution in [0.4, 0.5) is 0 Å². The Morgan fingerprint density at radius 3 is 2.75 bits per heavy atom. The molecule has 1 N–H and O–H groups in total. The molecule has 0 aromatic carbocycles. The summed E-state index contributed by atoms with van der Waals surface area (Å²) in [5.41, 5.74) is 1.43. The molecule has 0 saturated heterocycles. The molecule has 0 aromatic heterocycles. The van der Waals surface area contributed by atoms with Crippen LogP contribution in [0.15, 0.2) is 23.8 Å². The molecule has 0 aliphatic heterocycles. The van der Waals surface area contributed by atoms with Crippen molar-refractivity contribution in [2.45, 2.75) is 65.9 Å². The second-order valence-electron chi connectivity index (χ2n) is 9.54. The lowest BCUT2D eigenvalue weighted by molar-refractivity contribution is -0.132. The Labute approximate surface area is 146 Å². The Balaban J connectivity index is 1.78. The molecule has 3 fully saturated rings. The predicted octanol–water partition coefficient (Wildman–Crippen LogP) is 4.54. The fourth-order valence-electron chi connectivity index (χ4n) is 7.42. The fraction of sp³-hybridized carbons (Fsp3) is 0.773. The van der Waals surface area contributed by atoms with Crippen molar-refractivity contribution < 1.29 is 9.90 Å². The summed E-state index contributed by atoms with van der Waals surface area (Å²) in [5, 5.41) is 11.3. The topological polar surface area (TPSA) is 37.3 Å². The van der Waals surface area contributed by atoms with Crippen molar-refractivity contribution in [2.75, 3.05) is 0 Å². The van der Waals surface area contributed by atoms with E-state index in [0.717, 1.165) is 24.7 Å². The van der Waals surface area contributed by atoms with Crippen LogP contribution in [0.3, 0.4) is 0 Å². The minimum absolute atomic E-state index is 0.121. The molecule has 4 rings (SSSR count). The van der Waals surface area contributed by atoms with E-state index in [1.165, 1.54) is 24.8 Å². The van der Waals surface area contributed by atoms with Crippen LogP contribution < -0.4 is 0 Å². The Morgan fingerprint density at radius 1 is 1.29 bits per heavy atom. The van der Waals surface area contributed by atoms with Gasteiger partial charge >= 0.3 is 0 Å². The molecule has 0 aromatic rings. The highest BCUT2D eigenvalue weighted by atomic mass is 16.3. The summed E-state index contributed by atoms with van der Waals surface area (Å²) < 4.78 is 0. The highest BCUT2D eigenvalue weighted by Crippen LogP contribution is 2.67. The Kier molecular flexibility index (Phi) is 3.66. The molecule has 2 unspecified atom stereocenters. The van der Waals surface area contributed by atoms with Gasteiger partial charge in [0.1, 0.15) is 0 Å². The SMILES string of the molecule is CC[C@H]1CC[C@H]2[C@@H]3C(C)CC4=CC(=O)C=C[C@]4(C)[C@H]3C(O)C[C@]12C. The normalized spacial score (nSPS) is 53.2. The van der Waals surface area contributed by atoms with Crippen LogP contribution in [0.25, 0.3) is 0 Å². The van der Waals surface area contributed by atoms with Gasteiger partial charge < -0.3 is 5.11 Å². The molecule has 0 radical (unpaired) electrons. The molecule has 0 bridgehead atoms. The number of aliphatic hydroxyl groups is 1.